The van der Waals surface area contributed by atoms with Gasteiger partial charge in [-0.1, -0.05) is 17.7 Å². The molecule has 0 heterocycles. The summed E-state index contributed by atoms with van der Waals surface area (Å²) in [6, 6.07) is 7.80. The number of benzene rings is 2. The third-order valence-corrected chi connectivity index (χ3v) is 5.31. The molecule has 0 saturated carbocycles. The van der Waals surface area contributed by atoms with E-state index in [1.165, 1.54) is 0 Å². The molecule has 6 heteroatoms. The van der Waals surface area contributed by atoms with E-state index in [4.69, 9.17) is 14.2 Å². The molecule has 0 saturated heterocycles. The zero-order valence-corrected chi connectivity index (χ0v) is 19.1. The molecule has 0 N–H and O–H groups in total. The summed E-state index contributed by atoms with van der Waals surface area (Å²) < 4.78 is 17.3. The molecule has 0 aromatic heterocycles. The minimum atomic E-state index is -0.0834. The molecular weight excluding hydrogens is 366 g/mol. The molecule has 28 heavy (non-hydrogen) atoms. The second-order valence-corrected chi connectivity index (χ2v) is 7.53. The summed E-state index contributed by atoms with van der Waals surface area (Å²) in [5, 5.41) is 0.798. The fourth-order valence-corrected chi connectivity index (χ4v) is 4.47. The van der Waals surface area contributed by atoms with Gasteiger partial charge in [-0.15, -0.1) is 0 Å². The summed E-state index contributed by atoms with van der Waals surface area (Å²) in [4.78, 5) is 13.2. The fraction of sp³-hybridized carbons (Fsp3) is 0.409. The predicted molar refractivity (Wildman–Crippen MR) is 114 cm³/mol. The van der Waals surface area contributed by atoms with E-state index < -0.39 is 0 Å². The topological polar surface area (TPSA) is 44.8 Å². The molecule has 0 bridgehead atoms. The van der Waals surface area contributed by atoms with Crippen LogP contribution in [0.25, 0.3) is 0 Å². The third-order valence-electron chi connectivity index (χ3n) is 4.09. The monoisotopic (exact) mass is 396 g/mol. The van der Waals surface area contributed by atoms with Crippen LogP contribution in [-0.4, -0.2) is 25.3 Å². The van der Waals surface area contributed by atoms with Gasteiger partial charge in [0.15, 0.2) is 5.52 Å². The van der Waals surface area contributed by atoms with Crippen molar-refractivity contribution in [2.45, 2.75) is 41.5 Å². The molecule has 2 rings (SSSR count). The van der Waals surface area contributed by atoms with Gasteiger partial charge >= 0.3 is 18.9 Å². The minimum Gasteiger partial charge on any atom is -1.00 e. The van der Waals surface area contributed by atoms with Gasteiger partial charge in [0.1, 0.15) is 17.2 Å². The molecule has 148 valence electrons. The summed E-state index contributed by atoms with van der Waals surface area (Å²) in [6.45, 7) is 13.4. The Kier molecular flexibility index (Phi) is 10.1. The van der Waals surface area contributed by atoms with Crippen LogP contribution in [0.1, 0.15) is 49.2 Å². The largest absolute Gasteiger partial charge is 1.00 e. The smallest absolute Gasteiger partial charge is 1.00 e. The van der Waals surface area contributed by atoms with Crippen LogP contribution in [0.5, 0.6) is 17.2 Å². The molecule has 4 nitrogen and oxygen atoms in total. The first kappa shape index (κ1) is 24.6. The molecule has 0 aliphatic rings. The first-order valence-corrected chi connectivity index (χ1v) is 10.4. The van der Waals surface area contributed by atoms with Crippen LogP contribution in [0.3, 0.4) is 0 Å². The average Bonchev–Trinajstić information content (AvgIpc) is 2.57. The molecule has 2 aromatic carbocycles. The second-order valence-electron chi connectivity index (χ2n) is 6.32. The Morgan fingerprint density at radius 3 is 1.75 bits per heavy atom. The Morgan fingerprint density at radius 2 is 1.32 bits per heavy atom. The molecule has 0 fully saturated rings. The van der Waals surface area contributed by atoms with Crippen molar-refractivity contribution in [3.63, 3.8) is 0 Å². The van der Waals surface area contributed by atoms with Gasteiger partial charge in [-0.25, -0.2) is 0 Å². The van der Waals surface area contributed by atoms with Crippen molar-refractivity contribution in [2.24, 2.45) is 0 Å². The van der Waals surface area contributed by atoms with E-state index in [9.17, 15) is 4.79 Å². The fourth-order valence-electron chi connectivity index (χ4n) is 3.19. The predicted octanol–water partition coefficient (Wildman–Crippen LogP) is 2.07. The van der Waals surface area contributed by atoms with Crippen LogP contribution >= 0.6 is 8.58 Å². The Balaban J connectivity index is 0.00000392. The molecule has 1 atom stereocenters. The van der Waals surface area contributed by atoms with Crippen molar-refractivity contribution >= 4 is 19.4 Å². The van der Waals surface area contributed by atoms with Crippen molar-refractivity contribution in [3.8, 4) is 17.2 Å². The quantitative estimate of drug-likeness (QED) is 0.481. The number of carbonyl (C=O) groups is 1. The zero-order valence-electron chi connectivity index (χ0n) is 19.1. The Hall–Kier alpha value is -1.46. The van der Waals surface area contributed by atoms with Crippen LogP contribution in [0.2, 0.25) is 0 Å². The summed E-state index contributed by atoms with van der Waals surface area (Å²) in [6.07, 6.45) is 0. The Labute approximate surface area is 183 Å². The van der Waals surface area contributed by atoms with Crippen molar-refractivity contribution in [1.29, 1.82) is 0 Å². The van der Waals surface area contributed by atoms with Crippen LogP contribution < -0.4 is 38.4 Å². The SMILES string of the molecule is CCOc1cc(OCC)c(PC(=O)c2c(C)cc(C)cc2C)c(OCC)c1.[H-].[Li+]. The molecule has 0 amide bonds. The number of hydrogen-bond acceptors (Lipinski definition) is 4. The van der Waals surface area contributed by atoms with E-state index >= 15 is 0 Å². The van der Waals surface area contributed by atoms with Crippen LogP contribution in [0.4, 0.5) is 0 Å². The number of aryl methyl sites for hydroxylation is 3. The molecule has 0 aliphatic heterocycles. The molecule has 0 spiro atoms. The second kappa shape index (κ2) is 11.5. The standard InChI is InChI=1S/C22H29O4P.Li.H/c1-7-24-17-12-18(25-8-2)21(19(13-17)26-9-3)27-22(23)20-15(5)10-14(4)11-16(20)6;;/h10-13,27H,7-9H2,1-6H3;;/q;+1;-1. The maximum atomic E-state index is 13.2. The third kappa shape index (κ3) is 6.02. The van der Waals surface area contributed by atoms with Gasteiger partial charge in [0, 0.05) is 17.7 Å². The first-order valence-electron chi connectivity index (χ1n) is 9.36. The van der Waals surface area contributed by atoms with E-state index in [-0.39, 0.29) is 34.4 Å². The van der Waals surface area contributed by atoms with Gasteiger partial charge in [0.05, 0.1) is 25.1 Å². The summed E-state index contributed by atoms with van der Waals surface area (Å²) in [5.41, 5.74) is 4.06. The zero-order chi connectivity index (χ0) is 20.0. The first-order chi connectivity index (χ1) is 12.9. The van der Waals surface area contributed by atoms with E-state index in [1.807, 2.05) is 53.7 Å². The van der Waals surface area contributed by atoms with Gasteiger partial charge in [-0.05, 0) is 61.3 Å². The average molecular weight is 396 g/mol. The normalized spacial score (nSPS) is 10.6. The van der Waals surface area contributed by atoms with Crippen molar-refractivity contribution in [2.75, 3.05) is 19.8 Å². The number of ether oxygens (including phenoxy) is 3. The maximum Gasteiger partial charge on any atom is 1.00 e. The van der Waals surface area contributed by atoms with Crippen molar-refractivity contribution < 1.29 is 39.3 Å². The Bertz CT molecular complexity index is 776. The number of carbonyl (C=O) groups excluding carboxylic acids is 1. The van der Waals surface area contributed by atoms with Crippen LogP contribution in [0.15, 0.2) is 24.3 Å². The molecule has 1 unspecified atom stereocenters. The maximum absolute atomic E-state index is 13.2. The molecule has 2 aromatic rings. The van der Waals surface area contributed by atoms with Gasteiger partial charge < -0.3 is 15.6 Å². The van der Waals surface area contributed by atoms with E-state index in [2.05, 4.69) is 12.1 Å². The van der Waals surface area contributed by atoms with E-state index in [0.717, 1.165) is 27.6 Å². The number of rotatable bonds is 9. The summed E-state index contributed by atoms with van der Waals surface area (Å²) in [5.74, 6) is 2.00. The number of hydrogen-bond donors (Lipinski definition) is 0. The van der Waals surface area contributed by atoms with Gasteiger partial charge in [-0.2, -0.15) is 0 Å². The molecule has 0 radical (unpaired) electrons. The van der Waals surface area contributed by atoms with E-state index in [1.54, 1.807) is 0 Å². The van der Waals surface area contributed by atoms with Gasteiger partial charge in [-0.3, -0.25) is 4.79 Å². The van der Waals surface area contributed by atoms with Crippen LogP contribution in [-0.2, 0) is 0 Å². The summed E-state index contributed by atoms with van der Waals surface area (Å²) >= 11 is 0. The van der Waals surface area contributed by atoms with E-state index in [0.29, 0.717) is 37.1 Å². The molecular formula is C22H30LiO4P. The van der Waals surface area contributed by atoms with Gasteiger partial charge in [0.25, 0.3) is 0 Å². The van der Waals surface area contributed by atoms with Crippen LogP contribution in [0, 0.1) is 20.8 Å². The Morgan fingerprint density at radius 1 is 0.857 bits per heavy atom. The van der Waals surface area contributed by atoms with Crippen molar-refractivity contribution in [3.05, 3.63) is 46.5 Å². The summed E-state index contributed by atoms with van der Waals surface area (Å²) in [7, 11) is -0.0834. The van der Waals surface area contributed by atoms with Crippen molar-refractivity contribution in [1.82, 2.24) is 0 Å². The molecule has 0 aliphatic carbocycles. The van der Waals surface area contributed by atoms with Gasteiger partial charge in [0.2, 0.25) is 0 Å². The minimum absolute atomic E-state index is 0.